The fourth-order valence-electron chi connectivity index (χ4n) is 2.85. The van der Waals surface area contributed by atoms with Crippen molar-refractivity contribution in [2.45, 2.75) is 45.1 Å². The van der Waals surface area contributed by atoms with E-state index in [1.54, 1.807) is 7.11 Å². The molecular formula is C17H27NO2. The highest BCUT2D eigenvalue weighted by Gasteiger charge is 2.15. The van der Waals surface area contributed by atoms with Crippen molar-refractivity contribution in [3.05, 3.63) is 24.3 Å². The van der Waals surface area contributed by atoms with Crippen LogP contribution in [0.25, 0.3) is 0 Å². The first-order valence-corrected chi connectivity index (χ1v) is 7.79. The minimum Gasteiger partial charge on any atom is -0.493 e. The first-order valence-electron chi connectivity index (χ1n) is 7.79. The van der Waals surface area contributed by atoms with Crippen molar-refractivity contribution in [3.63, 3.8) is 0 Å². The Hall–Kier alpha value is -1.22. The van der Waals surface area contributed by atoms with Crippen LogP contribution in [0.15, 0.2) is 24.3 Å². The van der Waals surface area contributed by atoms with Gasteiger partial charge < -0.3 is 14.8 Å². The van der Waals surface area contributed by atoms with Crippen LogP contribution in [0.4, 0.5) is 0 Å². The van der Waals surface area contributed by atoms with Gasteiger partial charge in [-0.05, 0) is 37.3 Å². The predicted molar refractivity (Wildman–Crippen MR) is 82.5 cm³/mol. The number of para-hydroxylation sites is 2. The zero-order valence-corrected chi connectivity index (χ0v) is 12.7. The zero-order chi connectivity index (χ0) is 14.2. The molecule has 2 rings (SSSR count). The Labute approximate surface area is 122 Å². The second-order valence-electron chi connectivity index (χ2n) is 5.76. The van der Waals surface area contributed by atoms with Crippen molar-refractivity contribution >= 4 is 0 Å². The summed E-state index contributed by atoms with van der Waals surface area (Å²) in [5.74, 6) is 2.52. The summed E-state index contributed by atoms with van der Waals surface area (Å²) in [6.07, 6.45) is 6.70. The lowest BCUT2D eigenvalue weighted by Crippen LogP contribution is -2.32. The maximum absolute atomic E-state index is 5.78. The average molecular weight is 277 g/mol. The summed E-state index contributed by atoms with van der Waals surface area (Å²) in [5.41, 5.74) is 0. The maximum Gasteiger partial charge on any atom is 0.161 e. The molecule has 3 heteroatoms. The molecule has 2 atom stereocenters. The lowest BCUT2D eigenvalue weighted by atomic mass is 10.0. The van der Waals surface area contributed by atoms with Crippen molar-refractivity contribution in [3.8, 4) is 11.5 Å². The minimum absolute atomic E-state index is 0.668. The zero-order valence-electron chi connectivity index (χ0n) is 12.7. The van der Waals surface area contributed by atoms with Crippen molar-refractivity contribution in [1.82, 2.24) is 5.32 Å². The summed E-state index contributed by atoms with van der Waals surface area (Å²) in [5, 5.41) is 3.62. The second kappa shape index (κ2) is 8.15. The van der Waals surface area contributed by atoms with E-state index in [1.807, 2.05) is 24.3 Å². The highest BCUT2D eigenvalue weighted by Crippen LogP contribution is 2.25. The first kappa shape index (κ1) is 15.2. The Balaban J connectivity index is 1.68. The number of nitrogens with one attached hydrogen (secondary N) is 1. The summed E-state index contributed by atoms with van der Waals surface area (Å²) in [6.45, 7) is 3.96. The quantitative estimate of drug-likeness (QED) is 0.636. The van der Waals surface area contributed by atoms with E-state index < -0.39 is 0 Å². The lowest BCUT2D eigenvalue weighted by molar-refractivity contribution is 0.282. The van der Waals surface area contributed by atoms with Gasteiger partial charge in [-0.2, -0.15) is 0 Å². The summed E-state index contributed by atoms with van der Waals surface area (Å²) in [6, 6.07) is 8.47. The number of benzene rings is 1. The van der Waals surface area contributed by atoms with E-state index in [-0.39, 0.29) is 0 Å². The number of hydrogen-bond acceptors (Lipinski definition) is 3. The van der Waals surface area contributed by atoms with Crippen molar-refractivity contribution in [2.24, 2.45) is 5.92 Å². The molecule has 3 nitrogen and oxygen atoms in total. The SMILES string of the molecule is COc1ccccc1OCCNC1CCCC(C)CC1. The third kappa shape index (κ3) is 4.71. The van der Waals surface area contributed by atoms with E-state index >= 15 is 0 Å². The van der Waals surface area contributed by atoms with E-state index in [0.29, 0.717) is 12.6 Å². The topological polar surface area (TPSA) is 30.5 Å². The number of rotatable bonds is 6. The van der Waals surface area contributed by atoms with Crippen LogP contribution in [0.3, 0.4) is 0 Å². The molecule has 1 aromatic rings. The third-order valence-corrected chi connectivity index (χ3v) is 4.12. The van der Waals surface area contributed by atoms with Crippen molar-refractivity contribution in [1.29, 1.82) is 0 Å². The molecule has 112 valence electrons. The molecule has 0 aromatic heterocycles. The van der Waals surface area contributed by atoms with E-state index in [2.05, 4.69) is 12.2 Å². The van der Waals surface area contributed by atoms with Crippen LogP contribution in [-0.2, 0) is 0 Å². The Morgan fingerprint density at radius 1 is 1.10 bits per heavy atom. The first-order chi connectivity index (χ1) is 9.79. The Bertz CT molecular complexity index is 394. The average Bonchev–Trinajstić information content (AvgIpc) is 2.69. The maximum atomic E-state index is 5.78. The molecule has 0 heterocycles. The van der Waals surface area contributed by atoms with Gasteiger partial charge in [0.15, 0.2) is 11.5 Å². The largest absolute Gasteiger partial charge is 0.493 e. The summed E-state index contributed by atoms with van der Waals surface area (Å²) in [4.78, 5) is 0. The number of methoxy groups -OCH3 is 1. The second-order valence-corrected chi connectivity index (χ2v) is 5.76. The van der Waals surface area contributed by atoms with Crippen LogP contribution in [0.5, 0.6) is 11.5 Å². The van der Waals surface area contributed by atoms with Gasteiger partial charge >= 0.3 is 0 Å². The molecule has 1 aliphatic rings. The van der Waals surface area contributed by atoms with Gasteiger partial charge in [0.05, 0.1) is 7.11 Å². The molecule has 0 saturated heterocycles. The molecule has 0 bridgehead atoms. The lowest BCUT2D eigenvalue weighted by Gasteiger charge is -2.17. The fourth-order valence-corrected chi connectivity index (χ4v) is 2.85. The molecule has 0 spiro atoms. The standard InChI is InChI=1S/C17H27NO2/c1-14-6-5-7-15(11-10-14)18-12-13-20-17-9-4-3-8-16(17)19-2/h3-4,8-9,14-15,18H,5-7,10-13H2,1-2H3. The Morgan fingerprint density at radius 3 is 2.70 bits per heavy atom. The van der Waals surface area contributed by atoms with Gasteiger partial charge in [-0.15, -0.1) is 0 Å². The molecular weight excluding hydrogens is 250 g/mol. The van der Waals surface area contributed by atoms with Gasteiger partial charge in [0.1, 0.15) is 6.61 Å². The number of hydrogen-bond donors (Lipinski definition) is 1. The molecule has 1 saturated carbocycles. The Morgan fingerprint density at radius 2 is 1.90 bits per heavy atom. The van der Waals surface area contributed by atoms with Crippen LogP contribution < -0.4 is 14.8 Å². The summed E-state index contributed by atoms with van der Waals surface area (Å²) >= 11 is 0. The highest BCUT2D eigenvalue weighted by atomic mass is 16.5. The molecule has 1 aliphatic carbocycles. The van der Waals surface area contributed by atoms with Gasteiger partial charge in [-0.1, -0.05) is 31.9 Å². The van der Waals surface area contributed by atoms with Gasteiger partial charge in [-0.3, -0.25) is 0 Å². The molecule has 0 amide bonds. The fraction of sp³-hybridized carbons (Fsp3) is 0.647. The van der Waals surface area contributed by atoms with E-state index in [1.165, 1.54) is 32.1 Å². The minimum atomic E-state index is 0.668. The van der Waals surface area contributed by atoms with Crippen LogP contribution in [-0.4, -0.2) is 26.3 Å². The molecule has 0 radical (unpaired) electrons. The van der Waals surface area contributed by atoms with Crippen molar-refractivity contribution in [2.75, 3.05) is 20.3 Å². The number of ether oxygens (including phenoxy) is 2. The van der Waals surface area contributed by atoms with Crippen LogP contribution in [0, 0.1) is 5.92 Å². The molecule has 1 aromatic carbocycles. The van der Waals surface area contributed by atoms with Crippen LogP contribution >= 0.6 is 0 Å². The predicted octanol–water partition coefficient (Wildman–Crippen LogP) is 3.63. The van der Waals surface area contributed by atoms with Crippen molar-refractivity contribution < 1.29 is 9.47 Å². The smallest absolute Gasteiger partial charge is 0.161 e. The normalized spacial score (nSPS) is 23.1. The summed E-state index contributed by atoms with van der Waals surface area (Å²) < 4.78 is 11.1. The third-order valence-electron chi connectivity index (χ3n) is 4.12. The van der Waals surface area contributed by atoms with Gasteiger partial charge in [0.25, 0.3) is 0 Å². The van der Waals surface area contributed by atoms with Gasteiger partial charge in [0.2, 0.25) is 0 Å². The molecule has 20 heavy (non-hydrogen) atoms. The summed E-state index contributed by atoms with van der Waals surface area (Å²) in [7, 11) is 1.67. The van der Waals surface area contributed by atoms with E-state index in [9.17, 15) is 0 Å². The molecule has 2 unspecified atom stereocenters. The highest BCUT2D eigenvalue weighted by molar-refractivity contribution is 5.39. The molecule has 1 N–H and O–H groups in total. The molecule has 1 fully saturated rings. The monoisotopic (exact) mass is 277 g/mol. The molecule has 0 aliphatic heterocycles. The Kier molecular flexibility index (Phi) is 6.19. The van der Waals surface area contributed by atoms with E-state index in [4.69, 9.17) is 9.47 Å². The van der Waals surface area contributed by atoms with Gasteiger partial charge in [-0.25, -0.2) is 0 Å². The van der Waals surface area contributed by atoms with Gasteiger partial charge in [0, 0.05) is 12.6 Å². The van der Waals surface area contributed by atoms with E-state index in [0.717, 1.165) is 24.0 Å². The van der Waals surface area contributed by atoms with Crippen LogP contribution in [0.1, 0.15) is 39.0 Å². The van der Waals surface area contributed by atoms with Crippen LogP contribution in [0.2, 0.25) is 0 Å².